The molecule has 2 aromatic rings. The van der Waals surface area contributed by atoms with Gasteiger partial charge in [-0.1, -0.05) is 12.1 Å². The van der Waals surface area contributed by atoms with E-state index in [-0.39, 0.29) is 16.9 Å². The summed E-state index contributed by atoms with van der Waals surface area (Å²) in [5.41, 5.74) is -0.927. The minimum atomic E-state index is -1.35. The van der Waals surface area contributed by atoms with Gasteiger partial charge < -0.3 is 25.0 Å². The first-order valence-electron chi connectivity index (χ1n) is 7.89. The van der Waals surface area contributed by atoms with Gasteiger partial charge in [0.15, 0.2) is 0 Å². The number of aryl methyl sites for hydroxylation is 1. The summed E-state index contributed by atoms with van der Waals surface area (Å²) in [5.74, 6) is -0.136. The molecule has 0 aliphatic heterocycles. The molecular formula is C17H24N2O5. The third-order valence-electron chi connectivity index (χ3n) is 4.36. The quantitative estimate of drug-likeness (QED) is 0.490. The average molecular weight is 336 g/mol. The summed E-state index contributed by atoms with van der Waals surface area (Å²) in [7, 11) is 0. The fourth-order valence-corrected chi connectivity index (χ4v) is 2.93. The van der Waals surface area contributed by atoms with Crippen LogP contribution in [0.3, 0.4) is 0 Å². The van der Waals surface area contributed by atoms with Crippen molar-refractivity contribution in [3.05, 3.63) is 40.2 Å². The number of aromatic hydroxyl groups is 1. The van der Waals surface area contributed by atoms with Gasteiger partial charge in [-0.05, 0) is 26.0 Å². The number of nitrogens with one attached hydrogen (secondary N) is 1. The van der Waals surface area contributed by atoms with E-state index in [1.54, 1.807) is 35.8 Å². The van der Waals surface area contributed by atoms with E-state index in [0.717, 1.165) is 0 Å². The third-order valence-corrected chi connectivity index (χ3v) is 4.36. The SMILES string of the molecule is CCn1c(=O)c(C(C)NC(CO)(CO)CO)c(O)c2ccccc21. The van der Waals surface area contributed by atoms with Crippen molar-refractivity contribution >= 4 is 10.9 Å². The van der Waals surface area contributed by atoms with E-state index in [1.165, 1.54) is 0 Å². The van der Waals surface area contributed by atoms with Crippen molar-refractivity contribution in [1.82, 2.24) is 9.88 Å². The zero-order valence-corrected chi connectivity index (χ0v) is 13.9. The lowest BCUT2D eigenvalue weighted by molar-refractivity contribution is 0.0352. The fraction of sp³-hybridized carbons (Fsp3) is 0.471. The molecule has 1 unspecified atom stereocenters. The molecule has 0 bridgehead atoms. The predicted octanol–water partition coefficient (Wildman–Crippen LogP) is 0.0933. The topological polar surface area (TPSA) is 115 Å². The number of pyridine rings is 1. The van der Waals surface area contributed by atoms with Crippen LogP contribution in [-0.2, 0) is 6.54 Å². The van der Waals surface area contributed by atoms with Crippen molar-refractivity contribution in [1.29, 1.82) is 0 Å². The number of aliphatic hydroxyl groups is 3. The van der Waals surface area contributed by atoms with E-state index in [1.807, 2.05) is 6.92 Å². The van der Waals surface area contributed by atoms with Gasteiger partial charge in [0.2, 0.25) is 0 Å². The Morgan fingerprint density at radius 2 is 1.75 bits per heavy atom. The minimum Gasteiger partial charge on any atom is -0.507 e. The van der Waals surface area contributed by atoms with Crippen molar-refractivity contribution in [2.75, 3.05) is 19.8 Å². The minimum absolute atomic E-state index is 0.135. The van der Waals surface area contributed by atoms with E-state index in [9.17, 15) is 25.2 Å². The van der Waals surface area contributed by atoms with Crippen LogP contribution in [0.5, 0.6) is 5.75 Å². The van der Waals surface area contributed by atoms with Gasteiger partial charge in [0.05, 0.1) is 36.4 Å². The normalized spacial score (nSPS) is 13.4. The second kappa shape index (κ2) is 7.31. The van der Waals surface area contributed by atoms with Crippen LogP contribution in [0.2, 0.25) is 0 Å². The Morgan fingerprint density at radius 3 is 2.29 bits per heavy atom. The monoisotopic (exact) mass is 336 g/mol. The maximum Gasteiger partial charge on any atom is 0.259 e. The molecule has 2 rings (SSSR count). The molecule has 0 amide bonds. The molecule has 1 aromatic carbocycles. The first kappa shape index (κ1) is 18.4. The van der Waals surface area contributed by atoms with Gasteiger partial charge in [-0.15, -0.1) is 0 Å². The van der Waals surface area contributed by atoms with E-state index in [0.29, 0.717) is 17.4 Å². The zero-order chi connectivity index (χ0) is 17.9. The van der Waals surface area contributed by atoms with Gasteiger partial charge >= 0.3 is 0 Å². The van der Waals surface area contributed by atoms with E-state index in [2.05, 4.69) is 5.32 Å². The van der Waals surface area contributed by atoms with Crippen LogP contribution in [0.15, 0.2) is 29.1 Å². The van der Waals surface area contributed by atoms with Crippen LogP contribution in [0.4, 0.5) is 0 Å². The summed E-state index contributed by atoms with van der Waals surface area (Å²) in [5, 5.41) is 42.4. The summed E-state index contributed by atoms with van der Waals surface area (Å²) in [4.78, 5) is 12.8. The molecule has 1 atom stereocenters. The van der Waals surface area contributed by atoms with Crippen LogP contribution >= 0.6 is 0 Å². The van der Waals surface area contributed by atoms with E-state index in [4.69, 9.17) is 0 Å². The smallest absolute Gasteiger partial charge is 0.259 e. The number of hydrogen-bond donors (Lipinski definition) is 5. The molecule has 0 aliphatic rings. The van der Waals surface area contributed by atoms with Crippen LogP contribution < -0.4 is 10.9 Å². The average Bonchev–Trinajstić information content (AvgIpc) is 2.60. The Kier molecular flexibility index (Phi) is 5.61. The highest BCUT2D eigenvalue weighted by atomic mass is 16.3. The molecule has 0 aliphatic carbocycles. The molecule has 0 radical (unpaired) electrons. The molecule has 132 valence electrons. The van der Waals surface area contributed by atoms with E-state index < -0.39 is 31.4 Å². The van der Waals surface area contributed by atoms with Gasteiger partial charge in [0.25, 0.3) is 5.56 Å². The molecule has 7 heteroatoms. The van der Waals surface area contributed by atoms with Crippen molar-refractivity contribution in [2.24, 2.45) is 0 Å². The standard InChI is InChI=1S/C17H24N2O5/c1-3-19-13-7-5-4-6-12(13)15(23)14(16(19)24)11(2)18-17(8-20,9-21)10-22/h4-7,11,18,20-23H,3,8-10H2,1-2H3. The molecule has 0 saturated heterocycles. The molecular weight excluding hydrogens is 312 g/mol. The Morgan fingerprint density at radius 1 is 1.17 bits per heavy atom. The maximum atomic E-state index is 12.8. The number of para-hydroxylation sites is 1. The Hall–Kier alpha value is -1.93. The summed E-state index contributed by atoms with van der Waals surface area (Å²) < 4.78 is 1.56. The highest BCUT2D eigenvalue weighted by molar-refractivity contribution is 5.86. The molecule has 7 nitrogen and oxygen atoms in total. The third kappa shape index (κ3) is 3.03. The van der Waals surface area contributed by atoms with Gasteiger partial charge in [0.1, 0.15) is 5.75 Å². The number of benzene rings is 1. The van der Waals surface area contributed by atoms with Crippen molar-refractivity contribution < 1.29 is 20.4 Å². The van der Waals surface area contributed by atoms with Crippen LogP contribution in [0.1, 0.15) is 25.5 Å². The summed E-state index contributed by atoms with van der Waals surface area (Å²) in [6, 6.07) is 6.37. The molecule has 1 heterocycles. The van der Waals surface area contributed by atoms with Gasteiger partial charge in [-0.25, -0.2) is 0 Å². The van der Waals surface area contributed by atoms with Crippen LogP contribution in [0.25, 0.3) is 10.9 Å². The highest BCUT2D eigenvalue weighted by Gasteiger charge is 2.32. The molecule has 0 saturated carbocycles. The van der Waals surface area contributed by atoms with Gasteiger partial charge in [-0.3, -0.25) is 10.1 Å². The van der Waals surface area contributed by atoms with Crippen molar-refractivity contribution in [3.63, 3.8) is 0 Å². The van der Waals surface area contributed by atoms with Crippen molar-refractivity contribution in [2.45, 2.75) is 32.0 Å². The maximum absolute atomic E-state index is 12.8. The summed E-state index contributed by atoms with van der Waals surface area (Å²) in [6.07, 6.45) is 0. The number of nitrogens with zero attached hydrogens (tertiary/aromatic N) is 1. The van der Waals surface area contributed by atoms with Crippen molar-refractivity contribution in [3.8, 4) is 5.75 Å². The van der Waals surface area contributed by atoms with Gasteiger partial charge in [-0.2, -0.15) is 0 Å². The summed E-state index contributed by atoms with van der Waals surface area (Å²) in [6.45, 7) is 2.37. The van der Waals surface area contributed by atoms with Gasteiger partial charge in [0, 0.05) is 18.0 Å². The zero-order valence-electron chi connectivity index (χ0n) is 13.9. The number of hydrogen-bond acceptors (Lipinski definition) is 6. The lowest BCUT2D eigenvalue weighted by Gasteiger charge is -2.32. The summed E-state index contributed by atoms with van der Waals surface area (Å²) >= 11 is 0. The second-order valence-electron chi connectivity index (χ2n) is 5.95. The first-order chi connectivity index (χ1) is 11.4. The highest BCUT2D eigenvalue weighted by Crippen LogP contribution is 2.30. The lowest BCUT2D eigenvalue weighted by atomic mass is 9.98. The van der Waals surface area contributed by atoms with Crippen LogP contribution in [-0.4, -0.2) is 50.4 Å². The number of fused-ring (bicyclic) bond motifs is 1. The van der Waals surface area contributed by atoms with Crippen LogP contribution in [0, 0.1) is 0 Å². The molecule has 0 spiro atoms. The Balaban J connectivity index is 2.62. The fourth-order valence-electron chi connectivity index (χ4n) is 2.93. The largest absolute Gasteiger partial charge is 0.507 e. The number of aromatic nitrogens is 1. The first-order valence-corrected chi connectivity index (χ1v) is 7.89. The molecule has 24 heavy (non-hydrogen) atoms. The van der Waals surface area contributed by atoms with E-state index >= 15 is 0 Å². The Bertz CT molecular complexity index is 759. The second-order valence-corrected chi connectivity index (χ2v) is 5.95. The number of rotatable bonds is 7. The molecule has 0 fully saturated rings. The lowest BCUT2D eigenvalue weighted by Crippen LogP contribution is -2.56. The molecule has 1 aromatic heterocycles. The molecule has 5 N–H and O–H groups in total. The number of aliphatic hydroxyl groups excluding tert-OH is 3. The predicted molar refractivity (Wildman–Crippen MR) is 91.1 cm³/mol. The Labute approximate surface area is 139 Å².